The normalized spacial score (nSPS) is 11.4. The summed E-state index contributed by atoms with van der Waals surface area (Å²) in [7, 11) is -4.95. The van der Waals surface area contributed by atoms with Gasteiger partial charge in [-0.05, 0) is 31.9 Å². The molecule has 0 radical (unpaired) electrons. The Balaban J connectivity index is 4.14. The van der Waals surface area contributed by atoms with Crippen molar-refractivity contribution in [2.75, 3.05) is 0 Å². The fourth-order valence-corrected chi connectivity index (χ4v) is 2.76. The Hall–Kier alpha value is -2.07. The van der Waals surface area contributed by atoms with Crippen LogP contribution in [-0.4, -0.2) is 22.8 Å². The number of benzene rings is 1. The molecule has 1 aromatic carbocycles. The van der Waals surface area contributed by atoms with Crippen LogP contribution in [0.1, 0.15) is 16.7 Å². The summed E-state index contributed by atoms with van der Waals surface area (Å²) in [5.74, 6) is 0. The zero-order valence-corrected chi connectivity index (χ0v) is 11.0. The number of nitrogens with zero attached hydrogens (tertiary/aromatic N) is 2. The van der Waals surface area contributed by atoms with Crippen molar-refractivity contribution in [3.05, 3.63) is 36.9 Å². The van der Waals surface area contributed by atoms with Gasteiger partial charge < -0.3 is 0 Å². The molecule has 0 aliphatic carbocycles. The van der Waals surface area contributed by atoms with Crippen LogP contribution < -0.4 is 0 Å². The van der Waals surface area contributed by atoms with Gasteiger partial charge in [0.1, 0.15) is 0 Å². The second kappa shape index (κ2) is 4.55. The van der Waals surface area contributed by atoms with E-state index in [2.05, 4.69) is 0 Å². The molecule has 104 valence electrons. The molecule has 0 bridgehead atoms. The van der Waals surface area contributed by atoms with E-state index in [1.807, 2.05) is 0 Å². The van der Waals surface area contributed by atoms with E-state index in [4.69, 9.17) is 4.55 Å². The molecular weight excluding hydrogens is 280 g/mol. The average molecular weight is 290 g/mol. The van der Waals surface area contributed by atoms with Gasteiger partial charge in [0.2, 0.25) is 0 Å². The van der Waals surface area contributed by atoms with Crippen LogP contribution in [0.25, 0.3) is 0 Å². The summed E-state index contributed by atoms with van der Waals surface area (Å²) < 4.78 is 31.6. The molecule has 9 nitrogen and oxygen atoms in total. The van der Waals surface area contributed by atoms with E-state index in [0.717, 1.165) is 0 Å². The lowest BCUT2D eigenvalue weighted by Gasteiger charge is -2.10. The van der Waals surface area contributed by atoms with Crippen LogP contribution in [0.5, 0.6) is 0 Å². The second-order valence-electron chi connectivity index (χ2n) is 3.89. The zero-order chi connectivity index (χ0) is 15.1. The molecule has 0 unspecified atom stereocenters. The van der Waals surface area contributed by atoms with Gasteiger partial charge >= 0.3 is 21.5 Å². The first kappa shape index (κ1) is 15.0. The lowest BCUT2D eigenvalue weighted by atomic mass is 10.0. The SMILES string of the molecule is Cc1c(C)c([N+](=O)[O-])c([N+](=O)[O-])c(S(=O)(=O)O)c1C. The van der Waals surface area contributed by atoms with Crippen LogP contribution in [-0.2, 0) is 10.1 Å². The van der Waals surface area contributed by atoms with Crippen molar-refractivity contribution in [2.45, 2.75) is 25.7 Å². The highest BCUT2D eigenvalue weighted by molar-refractivity contribution is 7.86. The predicted octanol–water partition coefficient (Wildman–Crippen LogP) is 1.67. The highest BCUT2D eigenvalue weighted by Crippen LogP contribution is 2.40. The van der Waals surface area contributed by atoms with E-state index in [0.29, 0.717) is 0 Å². The smallest absolute Gasteiger partial charge is 0.282 e. The van der Waals surface area contributed by atoms with E-state index >= 15 is 0 Å². The van der Waals surface area contributed by atoms with Crippen molar-refractivity contribution in [3.8, 4) is 0 Å². The van der Waals surface area contributed by atoms with E-state index in [9.17, 15) is 28.6 Å². The molecule has 0 spiro atoms. The fourth-order valence-electron chi connectivity index (χ4n) is 1.80. The minimum Gasteiger partial charge on any atom is -0.282 e. The van der Waals surface area contributed by atoms with Gasteiger partial charge in [-0.3, -0.25) is 24.8 Å². The van der Waals surface area contributed by atoms with Gasteiger partial charge in [0.25, 0.3) is 0 Å². The van der Waals surface area contributed by atoms with Gasteiger partial charge in [0.05, 0.1) is 9.85 Å². The van der Waals surface area contributed by atoms with Crippen LogP contribution in [0.15, 0.2) is 4.90 Å². The molecule has 19 heavy (non-hydrogen) atoms. The molecule has 0 saturated heterocycles. The summed E-state index contributed by atoms with van der Waals surface area (Å²) in [4.78, 5) is 18.6. The summed E-state index contributed by atoms with van der Waals surface area (Å²) in [5.41, 5.74) is -2.04. The summed E-state index contributed by atoms with van der Waals surface area (Å²) >= 11 is 0. The lowest BCUT2D eigenvalue weighted by molar-refractivity contribution is -0.425. The molecule has 0 aliphatic heterocycles. The van der Waals surface area contributed by atoms with Gasteiger partial charge in [-0.15, -0.1) is 0 Å². The molecule has 0 saturated carbocycles. The Morgan fingerprint density at radius 3 is 1.63 bits per heavy atom. The standard InChI is InChI=1S/C9H10N2O7S/c1-4-5(2)7(10(12)13)8(11(14)15)9(6(4)3)19(16,17)18/h1-3H3,(H,16,17,18). The molecular formula is C9H10N2O7S. The van der Waals surface area contributed by atoms with E-state index in [-0.39, 0.29) is 16.7 Å². The van der Waals surface area contributed by atoms with Crippen molar-refractivity contribution >= 4 is 21.5 Å². The van der Waals surface area contributed by atoms with Crippen LogP contribution in [0.4, 0.5) is 11.4 Å². The first-order valence-corrected chi connectivity index (χ1v) is 6.34. The van der Waals surface area contributed by atoms with E-state index in [1.165, 1.54) is 20.8 Å². The number of nitro benzene ring substituents is 2. The third-order valence-electron chi connectivity index (χ3n) is 2.88. The Morgan fingerprint density at radius 2 is 1.32 bits per heavy atom. The summed E-state index contributed by atoms with van der Waals surface area (Å²) in [6.07, 6.45) is 0. The summed E-state index contributed by atoms with van der Waals surface area (Å²) in [6.45, 7) is 3.90. The maximum atomic E-state index is 11.2. The second-order valence-corrected chi connectivity index (χ2v) is 5.25. The summed E-state index contributed by atoms with van der Waals surface area (Å²) in [5, 5.41) is 21.8. The molecule has 0 aromatic heterocycles. The number of rotatable bonds is 3. The highest BCUT2D eigenvalue weighted by atomic mass is 32.2. The van der Waals surface area contributed by atoms with Gasteiger partial charge in [0.15, 0.2) is 4.90 Å². The van der Waals surface area contributed by atoms with E-state index < -0.39 is 36.2 Å². The Labute approximate surface area is 107 Å². The van der Waals surface area contributed by atoms with Crippen molar-refractivity contribution in [3.63, 3.8) is 0 Å². The van der Waals surface area contributed by atoms with Gasteiger partial charge in [-0.2, -0.15) is 8.42 Å². The molecule has 1 N–H and O–H groups in total. The molecule has 10 heteroatoms. The predicted molar refractivity (Wildman–Crippen MR) is 63.8 cm³/mol. The first-order chi connectivity index (χ1) is 8.50. The maximum absolute atomic E-state index is 11.2. The van der Waals surface area contributed by atoms with Crippen LogP contribution in [0.2, 0.25) is 0 Å². The van der Waals surface area contributed by atoms with Gasteiger partial charge in [-0.25, -0.2) is 0 Å². The quantitative estimate of drug-likeness (QED) is 0.507. The third kappa shape index (κ3) is 2.39. The fraction of sp³-hybridized carbons (Fsp3) is 0.333. The van der Waals surface area contributed by atoms with Crippen molar-refractivity contribution in [1.82, 2.24) is 0 Å². The molecule has 0 atom stereocenters. The maximum Gasteiger partial charge on any atom is 0.367 e. The largest absolute Gasteiger partial charge is 0.367 e. The van der Waals surface area contributed by atoms with Gasteiger partial charge in [0, 0.05) is 5.56 Å². The topological polar surface area (TPSA) is 141 Å². The van der Waals surface area contributed by atoms with Crippen molar-refractivity contribution in [2.24, 2.45) is 0 Å². The Bertz CT molecular complexity index is 693. The third-order valence-corrected chi connectivity index (χ3v) is 3.90. The number of nitro groups is 2. The molecule has 0 fully saturated rings. The first-order valence-electron chi connectivity index (χ1n) is 4.90. The minimum absolute atomic E-state index is 0.0124. The Morgan fingerprint density at radius 1 is 0.895 bits per heavy atom. The molecule has 1 rings (SSSR count). The number of hydrogen-bond acceptors (Lipinski definition) is 6. The molecule has 0 aliphatic rings. The molecule has 1 aromatic rings. The summed E-state index contributed by atoms with van der Waals surface area (Å²) in [6, 6.07) is 0. The van der Waals surface area contributed by atoms with Crippen LogP contribution >= 0.6 is 0 Å². The minimum atomic E-state index is -4.95. The number of hydrogen-bond donors (Lipinski definition) is 1. The molecule has 0 heterocycles. The zero-order valence-electron chi connectivity index (χ0n) is 10.2. The molecule has 0 amide bonds. The van der Waals surface area contributed by atoms with E-state index in [1.54, 1.807) is 0 Å². The van der Waals surface area contributed by atoms with Crippen LogP contribution in [0, 0.1) is 41.0 Å². The lowest BCUT2D eigenvalue weighted by Crippen LogP contribution is -2.11. The van der Waals surface area contributed by atoms with Crippen molar-refractivity contribution < 1.29 is 22.8 Å². The average Bonchev–Trinajstić information content (AvgIpc) is 2.22. The van der Waals surface area contributed by atoms with Crippen molar-refractivity contribution in [1.29, 1.82) is 0 Å². The Kier molecular flexibility index (Phi) is 3.59. The highest BCUT2D eigenvalue weighted by Gasteiger charge is 2.39. The monoisotopic (exact) mass is 290 g/mol. The van der Waals surface area contributed by atoms with Gasteiger partial charge in [-0.1, -0.05) is 0 Å². The van der Waals surface area contributed by atoms with Crippen LogP contribution in [0.3, 0.4) is 0 Å².